The topological polar surface area (TPSA) is 117 Å². The maximum absolute atomic E-state index is 13.8. The second-order valence-corrected chi connectivity index (χ2v) is 12.9. The first-order chi connectivity index (χ1) is 18.4. The molecule has 5 rings (SSSR count). The fraction of sp³-hybridized carbons (Fsp3) is 0.357. The van der Waals surface area contributed by atoms with Gasteiger partial charge in [-0.25, -0.2) is 17.2 Å². The first-order valence-electron chi connectivity index (χ1n) is 12.5. The number of aryl methyl sites for hydroxylation is 1. The molecule has 2 fully saturated rings. The molecule has 39 heavy (non-hydrogen) atoms. The Balaban J connectivity index is 1.39. The summed E-state index contributed by atoms with van der Waals surface area (Å²) in [5.41, 5.74) is -0.429. The van der Waals surface area contributed by atoms with Gasteiger partial charge in [0.2, 0.25) is 0 Å². The molecule has 0 radical (unpaired) electrons. The largest absolute Gasteiger partial charge is 0.386 e. The standard InChI is InChI=1S/C28H27ClF2N2O5S/c1-15-3-2-10-32-25(15)26(34)28(36)17-5-6-18(28)13-20(12-17)39(37,38)24-11-16(4-8-21(24)29)27(35)33-19-7-9-22(30)23(31)14-19/h2-4,7-11,14,17-18,20,26,34,36H,5-6,12-13H2,1H3,(H,33,35)/t17-,18?,20?,26?,28?/m0/s1. The van der Waals surface area contributed by atoms with Crippen LogP contribution in [0.3, 0.4) is 0 Å². The van der Waals surface area contributed by atoms with Crippen LogP contribution in [0.1, 0.15) is 53.4 Å². The van der Waals surface area contributed by atoms with Gasteiger partial charge in [-0.05, 0) is 86.4 Å². The quantitative estimate of drug-likeness (QED) is 0.380. The molecule has 0 spiro atoms. The van der Waals surface area contributed by atoms with E-state index in [4.69, 9.17) is 11.6 Å². The molecule has 3 N–H and O–H groups in total. The number of nitrogens with zero attached hydrogens (tertiary/aromatic N) is 1. The van der Waals surface area contributed by atoms with Gasteiger partial charge in [0.25, 0.3) is 5.91 Å². The summed E-state index contributed by atoms with van der Waals surface area (Å²) >= 11 is 6.30. The number of halogens is 3. The number of aliphatic hydroxyl groups is 2. The molecule has 4 unspecified atom stereocenters. The van der Waals surface area contributed by atoms with Crippen molar-refractivity contribution in [2.45, 2.75) is 54.5 Å². The summed E-state index contributed by atoms with van der Waals surface area (Å²) in [5, 5.41) is 24.4. The molecular weight excluding hydrogens is 550 g/mol. The third kappa shape index (κ3) is 4.84. The van der Waals surface area contributed by atoms with Gasteiger partial charge in [-0.1, -0.05) is 17.7 Å². The SMILES string of the molecule is Cc1cccnc1C(O)C1(O)C2CC[C@H]1CC(S(=O)(=O)c1cc(C(=O)Nc3ccc(F)c(F)c3)ccc1Cl)C2. The molecule has 0 saturated heterocycles. The van der Waals surface area contributed by atoms with Crippen LogP contribution < -0.4 is 5.32 Å². The molecule has 2 aliphatic rings. The second kappa shape index (κ2) is 10.2. The Morgan fingerprint density at radius 1 is 1.10 bits per heavy atom. The number of carbonyl (C=O) groups excluding carboxylic acids is 1. The molecule has 2 aliphatic carbocycles. The fourth-order valence-electron chi connectivity index (χ4n) is 6.06. The van der Waals surface area contributed by atoms with Crippen molar-refractivity contribution in [1.82, 2.24) is 4.98 Å². The lowest BCUT2D eigenvalue weighted by Gasteiger charge is -2.45. The van der Waals surface area contributed by atoms with Gasteiger partial charge < -0.3 is 15.5 Å². The van der Waals surface area contributed by atoms with Gasteiger partial charge in [0.1, 0.15) is 11.7 Å². The zero-order chi connectivity index (χ0) is 28.1. The Kier molecular flexibility index (Phi) is 7.26. The van der Waals surface area contributed by atoms with Crippen molar-refractivity contribution in [1.29, 1.82) is 0 Å². The van der Waals surface area contributed by atoms with Crippen LogP contribution >= 0.6 is 11.6 Å². The summed E-state index contributed by atoms with van der Waals surface area (Å²) in [6.07, 6.45) is 1.62. The molecule has 1 heterocycles. The summed E-state index contributed by atoms with van der Waals surface area (Å²) < 4.78 is 54.3. The summed E-state index contributed by atoms with van der Waals surface area (Å²) in [6.45, 7) is 1.80. The van der Waals surface area contributed by atoms with E-state index in [9.17, 15) is 32.2 Å². The van der Waals surface area contributed by atoms with Gasteiger partial charge in [0.15, 0.2) is 21.5 Å². The molecule has 2 bridgehead atoms. The van der Waals surface area contributed by atoms with E-state index in [2.05, 4.69) is 10.3 Å². The number of hydrogen-bond donors (Lipinski definition) is 3. The number of nitrogens with one attached hydrogen (secondary N) is 1. The zero-order valence-corrected chi connectivity index (χ0v) is 22.5. The van der Waals surface area contributed by atoms with Crippen molar-refractivity contribution < 1.29 is 32.2 Å². The van der Waals surface area contributed by atoms with Crippen molar-refractivity contribution >= 4 is 33.0 Å². The number of aliphatic hydroxyl groups excluding tert-OH is 1. The number of aromatic nitrogens is 1. The van der Waals surface area contributed by atoms with E-state index in [1.54, 1.807) is 25.3 Å². The molecule has 206 valence electrons. The molecule has 5 atom stereocenters. The highest BCUT2D eigenvalue weighted by atomic mass is 35.5. The molecule has 1 aromatic heterocycles. The number of fused-ring (bicyclic) bond motifs is 2. The normalized spacial score (nSPS) is 25.3. The first kappa shape index (κ1) is 27.6. The van der Waals surface area contributed by atoms with E-state index in [0.717, 1.165) is 17.7 Å². The summed E-state index contributed by atoms with van der Waals surface area (Å²) in [5.74, 6) is -3.88. The highest BCUT2D eigenvalue weighted by molar-refractivity contribution is 7.92. The minimum absolute atomic E-state index is 0.00287. The van der Waals surface area contributed by atoms with Crippen LogP contribution in [0, 0.1) is 30.4 Å². The monoisotopic (exact) mass is 576 g/mol. The molecule has 11 heteroatoms. The molecule has 7 nitrogen and oxygen atoms in total. The van der Waals surface area contributed by atoms with Crippen molar-refractivity contribution in [3.05, 3.63) is 88.2 Å². The van der Waals surface area contributed by atoms with Gasteiger partial charge in [-0.2, -0.15) is 0 Å². The zero-order valence-electron chi connectivity index (χ0n) is 20.9. The second-order valence-electron chi connectivity index (χ2n) is 10.3. The number of benzene rings is 2. The van der Waals surface area contributed by atoms with Crippen molar-refractivity contribution in [2.75, 3.05) is 5.32 Å². The van der Waals surface area contributed by atoms with E-state index < -0.39 is 56.2 Å². The lowest BCUT2D eigenvalue weighted by Crippen LogP contribution is -2.52. The summed E-state index contributed by atoms with van der Waals surface area (Å²) in [7, 11) is -4.04. The maximum Gasteiger partial charge on any atom is 0.255 e. The van der Waals surface area contributed by atoms with Crippen LogP contribution in [0.4, 0.5) is 14.5 Å². The van der Waals surface area contributed by atoms with Crippen molar-refractivity contribution in [3.8, 4) is 0 Å². The Labute approximate surface area is 229 Å². The fourth-order valence-corrected chi connectivity index (χ4v) is 8.47. The Bertz CT molecular complexity index is 1540. The van der Waals surface area contributed by atoms with Crippen LogP contribution in [0.2, 0.25) is 5.02 Å². The number of hydrogen-bond acceptors (Lipinski definition) is 6. The van der Waals surface area contributed by atoms with E-state index in [-0.39, 0.29) is 34.0 Å². The minimum Gasteiger partial charge on any atom is -0.386 e. The maximum atomic E-state index is 13.8. The summed E-state index contributed by atoms with van der Waals surface area (Å²) in [4.78, 5) is 16.8. The number of sulfone groups is 1. The molecular formula is C28H27ClF2N2O5S. The van der Waals surface area contributed by atoms with Crippen LogP contribution in [-0.4, -0.2) is 40.4 Å². The van der Waals surface area contributed by atoms with E-state index in [1.807, 2.05) is 0 Å². The van der Waals surface area contributed by atoms with E-state index in [1.165, 1.54) is 24.3 Å². The average molecular weight is 577 g/mol. The Morgan fingerprint density at radius 2 is 1.79 bits per heavy atom. The van der Waals surface area contributed by atoms with Gasteiger partial charge in [-0.3, -0.25) is 9.78 Å². The Morgan fingerprint density at radius 3 is 2.44 bits per heavy atom. The highest BCUT2D eigenvalue weighted by Gasteiger charge is 2.59. The van der Waals surface area contributed by atoms with Gasteiger partial charge in [0, 0.05) is 23.5 Å². The molecule has 2 saturated carbocycles. The lowest BCUT2D eigenvalue weighted by atomic mass is 9.70. The number of pyridine rings is 1. The van der Waals surface area contributed by atoms with E-state index >= 15 is 0 Å². The third-order valence-corrected chi connectivity index (χ3v) is 10.8. The number of rotatable bonds is 6. The van der Waals surface area contributed by atoms with Gasteiger partial charge in [-0.15, -0.1) is 0 Å². The van der Waals surface area contributed by atoms with Crippen molar-refractivity contribution in [2.24, 2.45) is 11.8 Å². The average Bonchev–Trinajstić information content (AvgIpc) is 3.06. The molecule has 3 aromatic rings. The first-order valence-corrected chi connectivity index (χ1v) is 14.5. The van der Waals surface area contributed by atoms with E-state index in [0.29, 0.717) is 18.5 Å². The smallest absolute Gasteiger partial charge is 0.255 e. The lowest BCUT2D eigenvalue weighted by molar-refractivity contribution is -0.146. The number of amides is 1. The third-order valence-electron chi connectivity index (χ3n) is 8.13. The van der Waals surface area contributed by atoms with Crippen LogP contribution in [-0.2, 0) is 9.84 Å². The predicted octanol–water partition coefficient (Wildman–Crippen LogP) is 5.00. The van der Waals surface area contributed by atoms with Gasteiger partial charge in [0.05, 0.1) is 20.9 Å². The predicted molar refractivity (Wildman–Crippen MR) is 141 cm³/mol. The number of carbonyl (C=O) groups is 1. The molecule has 2 aromatic carbocycles. The Hall–Kier alpha value is -2.92. The van der Waals surface area contributed by atoms with Crippen LogP contribution in [0.25, 0.3) is 0 Å². The van der Waals surface area contributed by atoms with Gasteiger partial charge >= 0.3 is 0 Å². The summed E-state index contributed by atoms with van der Waals surface area (Å²) in [6, 6.07) is 10.2. The van der Waals surface area contributed by atoms with Crippen molar-refractivity contribution in [3.63, 3.8) is 0 Å². The van der Waals surface area contributed by atoms with Crippen LogP contribution in [0.15, 0.2) is 59.6 Å². The molecule has 0 aliphatic heterocycles. The van der Waals surface area contributed by atoms with Crippen LogP contribution in [0.5, 0.6) is 0 Å². The highest BCUT2D eigenvalue weighted by Crippen LogP contribution is 2.56. The minimum atomic E-state index is -4.04. The number of anilines is 1. The molecule has 1 amide bonds.